The standard InChI is InChI=1S/C20H26N4O4S/c1-20(2,3)18-7-8-19(22-21-18)24-12-14(13-24)23(4)29(25,26)15-5-6-16-17(11-15)28-10-9-27-16/h5-8,11,14H,9-10,12-13H2,1-4H3. The summed E-state index contributed by atoms with van der Waals surface area (Å²) < 4.78 is 38.5. The van der Waals surface area contributed by atoms with E-state index < -0.39 is 10.0 Å². The largest absolute Gasteiger partial charge is 0.486 e. The summed E-state index contributed by atoms with van der Waals surface area (Å²) >= 11 is 0. The molecule has 1 fully saturated rings. The maximum Gasteiger partial charge on any atom is 0.243 e. The van der Waals surface area contributed by atoms with Gasteiger partial charge in [0, 0.05) is 31.6 Å². The molecule has 9 heteroatoms. The second kappa shape index (κ2) is 7.14. The Morgan fingerprint density at radius 2 is 1.72 bits per heavy atom. The summed E-state index contributed by atoms with van der Waals surface area (Å²) in [5.41, 5.74) is 0.873. The molecular weight excluding hydrogens is 392 g/mol. The average Bonchev–Trinajstić information content (AvgIpc) is 2.66. The van der Waals surface area contributed by atoms with Gasteiger partial charge in [0.15, 0.2) is 17.3 Å². The van der Waals surface area contributed by atoms with E-state index in [2.05, 4.69) is 31.0 Å². The summed E-state index contributed by atoms with van der Waals surface area (Å²) in [6.07, 6.45) is 0. The number of likely N-dealkylation sites (N-methyl/N-ethyl adjacent to an activating group) is 1. The molecule has 0 bridgehead atoms. The highest BCUT2D eigenvalue weighted by molar-refractivity contribution is 7.89. The number of nitrogens with zero attached hydrogens (tertiary/aromatic N) is 4. The van der Waals surface area contributed by atoms with Gasteiger partial charge in [-0.25, -0.2) is 8.42 Å². The third-order valence-electron chi connectivity index (χ3n) is 5.31. The number of fused-ring (bicyclic) bond motifs is 1. The van der Waals surface area contributed by atoms with Gasteiger partial charge in [0.1, 0.15) is 13.2 Å². The fourth-order valence-electron chi connectivity index (χ4n) is 3.31. The van der Waals surface area contributed by atoms with Gasteiger partial charge < -0.3 is 14.4 Å². The maximum atomic E-state index is 13.0. The van der Waals surface area contributed by atoms with Crippen LogP contribution in [0.25, 0.3) is 0 Å². The Kier molecular flexibility index (Phi) is 4.90. The van der Waals surface area contributed by atoms with Gasteiger partial charge in [-0.2, -0.15) is 9.40 Å². The lowest BCUT2D eigenvalue weighted by atomic mass is 9.92. The van der Waals surface area contributed by atoms with Crippen LogP contribution in [0.3, 0.4) is 0 Å². The number of benzene rings is 1. The number of ether oxygens (including phenoxy) is 2. The minimum Gasteiger partial charge on any atom is -0.486 e. The molecule has 2 aliphatic heterocycles. The van der Waals surface area contributed by atoms with E-state index >= 15 is 0 Å². The van der Waals surface area contributed by atoms with Crippen molar-refractivity contribution in [1.29, 1.82) is 0 Å². The summed E-state index contributed by atoms with van der Waals surface area (Å²) in [5, 5.41) is 8.62. The molecule has 2 aliphatic rings. The average molecular weight is 419 g/mol. The van der Waals surface area contributed by atoms with E-state index in [0.29, 0.717) is 37.8 Å². The lowest BCUT2D eigenvalue weighted by Gasteiger charge is -2.43. The molecule has 29 heavy (non-hydrogen) atoms. The lowest BCUT2D eigenvalue weighted by molar-refractivity contribution is 0.171. The van der Waals surface area contributed by atoms with E-state index in [0.717, 1.165) is 11.5 Å². The minimum absolute atomic E-state index is 0.0546. The molecule has 0 spiro atoms. The normalized spacial score (nSPS) is 17.3. The van der Waals surface area contributed by atoms with Gasteiger partial charge in [0.05, 0.1) is 16.6 Å². The third-order valence-corrected chi connectivity index (χ3v) is 7.22. The first-order valence-corrected chi connectivity index (χ1v) is 11.1. The van der Waals surface area contributed by atoms with Crippen LogP contribution in [0.15, 0.2) is 35.2 Å². The van der Waals surface area contributed by atoms with Crippen LogP contribution in [-0.4, -0.2) is 62.3 Å². The van der Waals surface area contributed by atoms with Gasteiger partial charge in [-0.3, -0.25) is 0 Å². The Hall–Kier alpha value is -2.39. The molecule has 0 amide bonds. The van der Waals surface area contributed by atoms with Crippen molar-refractivity contribution in [3.8, 4) is 11.5 Å². The van der Waals surface area contributed by atoms with Crippen LogP contribution >= 0.6 is 0 Å². The number of anilines is 1. The molecule has 0 unspecified atom stereocenters. The smallest absolute Gasteiger partial charge is 0.243 e. The van der Waals surface area contributed by atoms with Gasteiger partial charge in [0.2, 0.25) is 10.0 Å². The van der Waals surface area contributed by atoms with Gasteiger partial charge >= 0.3 is 0 Å². The van der Waals surface area contributed by atoms with E-state index in [4.69, 9.17) is 9.47 Å². The molecule has 4 rings (SSSR count). The van der Waals surface area contributed by atoms with E-state index in [1.165, 1.54) is 10.4 Å². The van der Waals surface area contributed by atoms with Gasteiger partial charge in [-0.05, 0) is 24.3 Å². The topological polar surface area (TPSA) is 84.9 Å². The monoisotopic (exact) mass is 418 g/mol. The van der Waals surface area contributed by atoms with E-state index in [1.807, 2.05) is 17.0 Å². The van der Waals surface area contributed by atoms with Crippen LogP contribution in [0.5, 0.6) is 11.5 Å². The van der Waals surface area contributed by atoms with Crippen LogP contribution < -0.4 is 14.4 Å². The zero-order chi connectivity index (χ0) is 20.8. The van der Waals surface area contributed by atoms with Crippen molar-refractivity contribution in [2.45, 2.75) is 37.1 Å². The lowest BCUT2D eigenvalue weighted by Crippen LogP contribution is -2.60. The van der Waals surface area contributed by atoms with Crippen molar-refractivity contribution in [3.05, 3.63) is 36.0 Å². The number of hydrogen-bond donors (Lipinski definition) is 0. The maximum absolute atomic E-state index is 13.0. The molecular formula is C20H26N4O4S. The summed E-state index contributed by atoms with van der Waals surface area (Å²) in [6.45, 7) is 8.30. The van der Waals surface area contributed by atoms with Crippen molar-refractivity contribution in [3.63, 3.8) is 0 Å². The first-order valence-electron chi connectivity index (χ1n) is 9.63. The van der Waals surface area contributed by atoms with Crippen molar-refractivity contribution in [2.75, 3.05) is 38.3 Å². The molecule has 1 aromatic carbocycles. The quantitative estimate of drug-likeness (QED) is 0.751. The fraction of sp³-hybridized carbons (Fsp3) is 0.500. The van der Waals surface area contributed by atoms with Gasteiger partial charge in [-0.1, -0.05) is 20.8 Å². The molecule has 1 aromatic heterocycles. The number of aromatic nitrogens is 2. The highest BCUT2D eigenvalue weighted by Crippen LogP contribution is 2.34. The van der Waals surface area contributed by atoms with Gasteiger partial charge in [-0.15, -0.1) is 5.10 Å². The van der Waals surface area contributed by atoms with Crippen molar-refractivity contribution in [1.82, 2.24) is 14.5 Å². The van der Waals surface area contributed by atoms with Crippen LogP contribution in [-0.2, 0) is 15.4 Å². The number of hydrogen-bond acceptors (Lipinski definition) is 7. The minimum atomic E-state index is -3.63. The summed E-state index contributed by atoms with van der Waals surface area (Å²) in [7, 11) is -2.02. The van der Waals surface area contributed by atoms with Crippen LogP contribution in [0, 0.1) is 0 Å². The predicted octanol–water partition coefficient (Wildman–Crippen LogP) is 2.05. The molecule has 0 atom stereocenters. The van der Waals surface area contributed by atoms with Crippen LogP contribution in [0.1, 0.15) is 26.5 Å². The zero-order valence-corrected chi connectivity index (χ0v) is 17.9. The van der Waals surface area contributed by atoms with Gasteiger partial charge in [0.25, 0.3) is 0 Å². The molecule has 8 nitrogen and oxygen atoms in total. The highest BCUT2D eigenvalue weighted by Gasteiger charge is 2.37. The SMILES string of the molecule is CN(C1CN(c2ccc(C(C)(C)C)nn2)C1)S(=O)(=O)c1ccc2c(c1)OCCO2. The molecule has 2 aromatic rings. The van der Waals surface area contributed by atoms with E-state index in [1.54, 1.807) is 19.2 Å². The molecule has 0 aliphatic carbocycles. The second-order valence-electron chi connectivity index (χ2n) is 8.41. The Bertz CT molecular complexity index is 996. The summed E-state index contributed by atoms with van der Waals surface area (Å²) in [6, 6.07) is 8.54. The summed E-state index contributed by atoms with van der Waals surface area (Å²) in [4.78, 5) is 2.23. The molecule has 1 saturated heterocycles. The Morgan fingerprint density at radius 1 is 1.03 bits per heavy atom. The second-order valence-corrected chi connectivity index (χ2v) is 10.4. The number of rotatable bonds is 4. The molecule has 156 valence electrons. The van der Waals surface area contributed by atoms with E-state index in [-0.39, 0.29) is 16.4 Å². The predicted molar refractivity (Wildman–Crippen MR) is 109 cm³/mol. The van der Waals surface area contributed by atoms with Crippen molar-refractivity contribution in [2.24, 2.45) is 0 Å². The zero-order valence-electron chi connectivity index (χ0n) is 17.1. The third kappa shape index (κ3) is 3.76. The van der Waals surface area contributed by atoms with Crippen LogP contribution in [0.4, 0.5) is 5.82 Å². The first kappa shape index (κ1) is 19.9. The van der Waals surface area contributed by atoms with Crippen LogP contribution in [0.2, 0.25) is 0 Å². The first-order chi connectivity index (χ1) is 13.7. The Morgan fingerprint density at radius 3 is 2.34 bits per heavy atom. The highest BCUT2D eigenvalue weighted by atomic mass is 32.2. The van der Waals surface area contributed by atoms with Crippen molar-refractivity contribution >= 4 is 15.8 Å². The fourth-order valence-corrected chi connectivity index (χ4v) is 4.67. The molecule has 0 saturated carbocycles. The Labute approximate surface area is 171 Å². The molecule has 0 N–H and O–H groups in total. The molecule has 0 radical (unpaired) electrons. The molecule has 3 heterocycles. The summed E-state index contributed by atoms with van der Waals surface area (Å²) in [5.74, 6) is 1.81. The number of sulfonamides is 1. The van der Waals surface area contributed by atoms with E-state index in [9.17, 15) is 8.42 Å². The Balaban J connectivity index is 1.44. The van der Waals surface area contributed by atoms with Crippen molar-refractivity contribution < 1.29 is 17.9 Å².